The Hall–Kier alpha value is -2.33. The number of halogens is 2. The molecule has 1 aliphatic heterocycles. The molecule has 0 unspecified atom stereocenters. The van der Waals surface area contributed by atoms with Crippen LogP contribution in [0.3, 0.4) is 0 Å². The Labute approximate surface area is 131 Å². The van der Waals surface area contributed by atoms with E-state index in [4.69, 9.17) is 21.1 Å². The molecule has 0 spiro atoms. The number of methoxy groups -OCH3 is 1. The number of hydrogen-bond donors (Lipinski definition) is 0. The molecule has 1 heterocycles. The van der Waals surface area contributed by atoms with Crippen molar-refractivity contribution >= 4 is 23.1 Å². The van der Waals surface area contributed by atoms with Gasteiger partial charge in [0.15, 0.2) is 0 Å². The van der Waals surface area contributed by atoms with Gasteiger partial charge in [0.25, 0.3) is 0 Å². The number of carbonyl (C=O) groups excluding carboxylic acids is 1. The van der Waals surface area contributed by atoms with Gasteiger partial charge in [-0.1, -0.05) is 17.7 Å². The molecule has 3 rings (SSSR count). The van der Waals surface area contributed by atoms with Crippen molar-refractivity contribution in [3.63, 3.8) is 0 Å². The lowest BCUT2D eigenvalue weighted by Crippen LogP contribution is -2.09. The molecule has 0 amide bonds. The molecule has 0 fully saturated rings. The van der Waals surface area contributed by atoms with Crippen LogP contribution in [0.1, 0.15) is 21.5 Å². The molecule has 0 saturated heterocycles. The SMILES string of the molecule is COC(=O)c1ccc2c(c1)C(c1c(F)cccc1Cl)=CCO2. The van der Waals surface area contributed by atoms with Crippen LogP contribution in [0.25, 0.3) is 5.57 Å². The maximum absolute atomic E-state index is 14.2. The van der Waals surface area contributed by atoms with Gasteiger partial charge in [0.1, 0.15) is 18.2 Å². The number of ether oxygens (including phenoxy) is 2. The number of benzene rings is 2. The third kappa shape index (κ3) is 2.46. The van der Waals surface area contributed by atoms with Gasteiger partial charge in [-0.05, 0) is 42.0 Å². The van der Waals surface area contributed by atoms with E-state index in [9.17, 15) is 9.18 Å². The Kier molecular flexibility index (Phi) is 3.86. The van der Waals surface area contributed by atoms with Crippen LogP contribution in [0.5, 0.6) is 5.75 Å². The highest BCUT2D eigenvalue weighted by atomic mass is 35.5. The summed E-state index contributed by atoms with van der Waals surface area (Å²) in [5.74, 6) is -0.313. The van der Waals surface area contributed by atoms with Gasteiger partial charge in [0.2, 0.25) is 0 Å². The highest BCUT2D eigenvalue weighted by molar-refractivity contribution is 6.32. The van der Waals surface area contributed by atoms with E-state index in [1.165, 1.54) is 13.2 Å². The van der Waals surface area contributed by atoms with Gasteiger partial charge in [-0.25, -0.2) is 9.18 Å². The molecular weight excluding hydrogens is 307 g/mol. The van der Waals surface area contributed by atoms with Gasteiger partial charge in [0, 0.05) is 11.1 Å². The lowest BCUT2D eigenvalue weighted by atomic mass is 9.93. The fraction of sp³-hybridized carbons (Fsp3) is 0.118. The summed E-state index contributed by atoms with van der Waals surface area (Å²) in [6.45, 7) is 0.310. The summed E-state index contributed by atoms with van der Waals surface area (Å²) < 4.78 is 24.4. The average Bonchev–Trinajstić information content (AvgIpc) is 2.53. The van der Waals surface area contributed by atoms with Crippen molar-refractivity contribution in [2.45, 2.75) is 0 Å². The van der Waals surface area contributed by atoms with Gasteiger partial charge in [-0.15, -0.1) is 0 Å². The quantitative estimate of drug-likeness (QED) is 0.782. The smallest absolute Gasteiger partial charge is 0.337 e. The zero-order chi connectivity index (χ0) is 15.7. The maximum atomic E-state index is 14.2. The average molecular weight is 319 g/mol. The minimum absolute atomic E-state index is 0.302. The second-order valence-electron chi connectivity index (χ2n) is 4.73. The largest absolute Gasteiger partial charge is 0.489 e. The molecule has 2 aromatic rings. The first-order valence-electron chi connectivity index (χ1n) is 6.62. The molecular formula is C17H12ClFO3. The summed E-state index contributed by atoms with van der Waals surface area (Å²) in [6.07, 6.45) is 1.74. The Bertz CT molecular complexity index is 763. The lowest BCUT2D eigenvalue weighted by Gasteiger charge is -2.20. The molecule has 0 saturated carbocycles. The zero-order valence-corrected chi connectivity index (χ0v) is 12.5. The summed E-state index contributed by atoms with van der Waals surface area (Å²) in [6, 6.07) is 9.42. The number of esters is 1. The van der Waals surface area contributed by atoms with Crippen molar-refractivity contribution in [3.05, 3.63) is 70.0 Å². The second kappa shape index (κ2) is 5.81. The molecule has 2 aromatic carbocycles. The van der Waals surface area contributed by atoms with Crippen LogP contribution in [-0.4, -0.2) is 19.7 Å². The second-order valence-corrected chi connectivity index (χ2v) is 5.14. The van der Waals surface area contributed by atoms with E-state index >= 15 is 0 Å². The molecule has 3 nitrogen and oxygen atoms in total. The van der Waals surface area contributed by atoms with E-state index < -0.39 is 11.8 Å². The minimum atomic E-state index is -0.465. The highest BCUT2D eigenvalue weighted by Crippen LogP contribution is 2.38. The number of carbonyl (C=O) groups is 1. The summed E-state index contributed by atoms with van der Waals surface area (Å²) >= 11 is 6.15. The van der Waals surface area contributed by atoms with Gasteiger partial charge < -0.3 is 9.47 Å². The summed E-state index contributed by atoms with van der Waals surface area (Å²) in [5, 5.41) is 0.308. The molecule has 0 radical (unpaired) electrons. The first-order valence-corrected chi connectivity index (χ1v) is 6.99. The standard InChI is InChI=1S/C17H12ClFO3/c1-21-17(20)10-5-6-15-12(9-10)11(7-8-22-15)16-13(18)3-2-4-14(16)19/h2-7,9H,8H2,1H3. The Morgan fingerprint density at radius 3 is 2.86 bits per heavy atom. The van der Waals surface area contributed by atoms with Gasteiger partial charge in [-0.2, -0.15) is 0 Å². The van der Waals surface area contributed by atoms with Crippen LogP contribution in [0, 0.1) is 5.82 Å². The fourth-order valence-corrected chi connectivity index (χ4v) is 2.69. The first kappa shape index (κ1) is 14.6. The van der Waals surface area contributed by atoms with Crippen molar-refractivity contribution in [1.29, 1.82) is 0 Å². The third-order valence-electron chi connectivity index (χ3n) is 3.45. The normalized spacial score (nSPS) is 13.0. The Morgan fingerprint density at radius 2 is 2.14 bits per heavy atom. The van der Waals surface area contributed by atoms with Crippen LogP contribution in [0.2, 0.25) is 5.02 Å². The molecule has 0 bridgehead atoms. The van der Waals surface area contributed by atoms with Crippen molar-refractivity contribution in [3.8, 4) is 5.75 Å². The molecule has 1 aliphatic rings. The molecule has 0 aliphatic carbocycles. The molecule has 112 valence electrons. The number of hydrogen-bond acceptors (Lipinski definition) is 3. The van der Waals surface area contributed by atoms with Gasteiger partial charge >= 0.3 is 5.97 Å². The van der Waals surface area contributed by atoms with E-state index in [1.807, 2.05) is 0 Å². The van der Waals surface area contributed by atoms with E-state index in [0.29, 0.717) is 39.6 Å². The topological polar surface area (TPSA) is 35.5 Å². The Morgan fingerprint density at radius 1 is 1.32 bits per heavy atom. The molecule has 0 N–H and O–H groups in total. The van der Waals surface area contributed by atoms with Crippen LogP contribution >= 0.6 is 11.6 Å². The van der Waals surface area contributed by atoms with Crippen LogP contribution < -0.4 is 4.74 Å². The molecule has 5 heteroatoms. The number of rotatable bonds is 2. The van der Waals surface area contributed by atoms with Crippen molar-refractivity contribution in [2.24, 2.45) is 0 Å². The minimum Gasteiger partial charge on any atom is -0.489 e. The highest BCUT2D eigenvalue weighted by Gasteiger charge is 2.22. The fourth-order valence-electron chi connectivity index (χ4n) is 2.43. The van der Waals surface area contributed by atoms with Crippen LogP contribution in [0.4, 0.5) is 4.39 Å². The maximum Gasteiger partial charge on any atom is 0.337 e. The third-order valence-corrected chi connectivity index (χ3v) is 3.76. The molecule has 0 aromatic heterocycles. The monoisotopic (exact) mass is 318 g/mol. The van der Waals surface area contributed by atoms with Crippen molar-refractivity contribution < 1.29 is 18.7 Å². The van der Waals surface area contributed by atoms with E-state index in [2.05, 4.69) is 0 Å². The zero-order valence-electron chi connectivity index (χ0n) is 11.7. The van der Waals surface area contributed by atoms with Crippen molar-refractivity contribution in [2.75, 3.05) is 13.7 Å². The summed E-state index contributed by atoms with van der Waals surface area (Å²) in [4.78, 5) is 11.7. The summed E-state index contributed by atoms with van der Waals surface area (Å²) in [5.41, 5.74) is 1.89. The van der Waals surface area contributed by atoms with Crippen LogP contribution in [-0.2, 0) is 4.74 Å². The van der Waals surface area contributed by atoms with Gasteiger partial charge in [-0.3, -0.25) is 0 Å². The molecule has 22 heavy (non-hydrogen) atoms. The Balaban J connectivity index is 2.17. The van der Waals surface area contributed by atoms with Crippen LogP contribution in [0.15, 0.2) is 42.5 Å². The van der Waals surface area contributed by atoms with E-state index in [0.717, 1.165) is 0 Å². The number of fused-ring (bicyclic) bond motifs is 1. The van der Waals surface area contributed by atoms with E-state index in [-0.39, 0.29) is 0 Å². The van der Waals surface area contributed by atoms with Gasteiger partial charge in [0.05, 0.1) is 17.7 Å². The summed E-state index contributed by atoms with van der Waals surface area (Å²) in [7, 11) is 1.31. The molecule has 0 atom stereocenters. The lowest BCUT2D eigenvalue weighted by molar-refractivity contribution is 0.0600. The predicted octanol–water partition coefficient (Wildman–Crippen LogP) is 4.09. The van der Waals surface area contributed by atoms with Crippen molar-refractivity contribution in [1.82, 2.24) is 0 Å². The first-order chi connectivity index (χ1) is 10.6. The van der Waals surface area contributed by atoms with E-state index in [1.54, 1.807) is 36.4 Å². The predicted molar refractivity (Wildman–Crippen MR) is 81.8 cm³/mol.